The number of hydrogen-bond acceptors (Lipinski definition) is 6. The third-order valence-corrected chi connectivity index (χ3v) is 5.56. The maximum absolute atomic E-state index is 12.0. The molecule has 134 valence electrons. The Morgan fingerprint density at radius 1 is 1.33 bits per heavy atom. The van der Waals surface area contributed by atoms with Gasteiger partial charge in [-0.3, -0.25) is 10.0 Å². The Labute approximate surface area is 153 Å². The summed E-state index contributed by atoms with van der Waals surface area (Å²) in [6.45, 7) is 5.01. The molecule has 0 aliphatic heterocycles. The van der Waals surface area contributed by atoms with Crippen molar-refractivity contribution in [1.82, 2.24) is 5.01 Å². The number of carbonyl (C=O) groups excluding carboxylic acids is 1. The zero-order chi connectivity index (χ0) is 18.1. The number of hydrogen-bond donors (Lipinski definition) is 2. The Bertz CT molecular complexity index is 578. The molecular formula is C16H27N5OS2. The van der Waals surface area contributed by atoms with Crippen LogP contribution in [0, 0.1) is 6.92 Å². The molecule has 0 radical (unpaired) electrons. The molecule has 8 heteroatoms. The number of anilines is 1. The highest BCUT2D eigenvalue weighted by molar-refractivity contribution is 8.38. The van der Waals surface area contributed by atoms with E-state index in [2.05, 4.69) is 11.9 Å². The number of unbranched alkanes of at least 4 members (excludes halogenated alkanes) is 1. The topological polar surface area (TPSA) is 88.0 Å². The van der Waals surface area contributed by atoms with Gasteiger partial charge in [-0.2, -0.15) is 0 Å². The molecule has 4 N–H and O–H groups in total. The van der Waals surface area contributed by atoms with Gasteiger partial charge < -0.3 is 0 Å². The van der Waals surface area contributed by atoms with Crippen LogP contribution in [-0.4, -0.2) is 35.3 Å². The highest BCUT2D eigenvalue weighted by Crippen LogP contribution is 2.29. The minimum Gasteiger partial charge on any atom is -0.272 e. The van der Waals surface area contributed by atoms with Crippen molar-refractivity contribution in [1.29, 1.82) is 0 Å². The van der Waals surface area contributed by atoms with Crippen LogP contribution in [0.5, 0.6) is 0 Å². The molecule has 0 spiro atoms. The van der Waals surface area contributed by atoms with Crippen LogP contribution in [0.15, 0.2) is 23.2 Å². The summed E-state index contributed by atoms with van der Waals surface area (Å²) in [6.07, 6.45) is 4.25. The fraction of sp³-hybridized carbons (Fsp3) is 0.500. The Balaban J connectivity index is 2.95. The molecule has 0 fully saturated rings. The van der Waals surface area contributed by atoms with E-state index < -0.39 is 6.03 Å². The van der Waals surface area contributed by atoms with Gasteiger partial charge in [0.05, 0.1) is 5.69 Å². The first-order chi connectivity index (χ1) is 11.4. The second-order valence-corrected chi connectivity index (χ2v) is 7.35. The fourth-order valence-corrected chi connectivity index (χ4v) is 3.70. The van der Waals surface area contributed by atoms with Crippen molar-refractivity contribution in [2.24, 2.45) is 16.7 Å². The van der Waals surface area contributed by atoms with Gasteiger partial charge >= 0.3 is 6.03 Å². The van der Waals surface area contributed by atoms with E-state index in [1.165, 1.54) is 7.05 Å². The van der Waals surface area contributed by atoms with Crippen molar-refractivity contribution < 1.29 is 4.79 Å². The van der Waals surface area contributed by atoms with Gasteiger partial charge in [-0.25, -0.2) is 21.5 Å². The molecule has 24 heavy (non-hydrogen) atoms. The van der Waals surface area contributed by atoms with E-state index in [-0.39, 0.29) is 0 Å². The number of aryl methyl sites for hydroxylation is 1. The zero-order valence-electron chi connectivity index (χ0n) is 14.8. The van der Waals surface area contributed by atoms with E-state index in [0.29, 0.717) is 11.4 Å². The van der Waals surface area contributed by atoms with Crippen LogP contribution in [0.1, 0.15) is 30.9 Å². The lowest BCUT2D eigenvalue weighted by Crippen LogP contribution is -2.49. The lowest BCUT2D eigenvalue weighted by molar-refractivity contribution is 0.216. The first kappa shape index (κ1) is 20.8. The standard InChI is InChI=1S/C16H27N5OS2/c1-5-6-10-19-15(23-4)24-11-13-12(2)8-7-9-14(13)21(18)16(22)20(3)17/h7-9H,5-6,10-11,17-18H2,1-4H3. The molecule has 6 nitrogen and oxygen atoms in total. The lowest BCUT2D eigenvalue weighted by atomic mass is 10.1. The summed E-state index contributed by atoms with van der Waals surface area (Å²) in [5.41, 5.74) is 2.76. The predicted molar refractivity (Wildman–Crippen MR) is 107 cm³/mol. The van der Waals surface area contributed by atoms with Gasteiger partial charge in [0.15, 0.2) is 0 Å². The molecule has 0 saturated carbocycles. The molecule has 1 aromatic rings. The number of hydrazine groups is 2. The van der Waals surface area contributed by atoms with Gasteiger partial charge in [-0.1, -0.05) is 37.2 Å². The lowest BCUT2D eigenvalue weighted by Gasteiger charge is -2.24. The van der Waals surface area contributed by atoms with Crippen molar-refractivity contribution >= 4 is 39.6 Å². The largest absolute Gasteiger partial charge is 0.352 e. The number of urea groups is 1. The number of benzene rings is 1. The molecule has 0 aromatic heterocycles. The average Bonchev–Trinajstić information content (AvgIpc) is 2.57. The SMILES string of the molecule is CCCCN=C(SC)SCc1c(C)cccc1N(N)C(=O)N(C)N. The summed E-state index contributed by atoms with van der Waals surface area (Å²) >= 11 is 3.31. The predicted octanol–water partition coefficient (Wildman–Crippen LogP) is 3.35. The van der Waals surface area contributed by atoms with Crippen LogP contribution in [-0.2, 0) is 5.75 Å². The number of aliphatic imine (C=N–C) groups is 1. The molecule has 1 aromatic carbocycles. The number of carbonyl (C=O) groups is 1. The maximum atomic E-state index is 12.0. The average molecular weight is 370 g/mol. The van der Waals surface area contributed by atoms with Crippen molar-refractivity contribution in [2.45, 2.75) is 32.4 Å². The van der Waals surface area contributed by atoms with Crippen LogP contribution in [0.2, 0.25) is 0 Å². The van der Waals surface area contributed by atoms with Crippen molar-refractivity contribution in [2.75, 3.05) is 24.9 Å². The first-order valence-electron chi connectivity index (χ1n) is 7.79. The summed E-state index contributed by atoms with van der Waals surface area (Å²) in [7, 11) is 1.47. The minimum atomic E-state index is -0.464. The molecule has 0 bridgehead atoms. The molecule has 0 unspecified atom stereocenters. The smallest absolute Gasteiger partial charge is 0.272 e. The number of nitrogens with zero attached hydrogens (tertiary/aromatic N) is 3. The summed E-state index contributed by atoms with van der Waals surface area (Å²) in [6, 6.07) is 5.26. The molecule has 0 heterocycles. The Morgan fingerprint density at radius 2 is 2.04 bits per heavy atom. The summed E-state index contributed by atoms with van der Waals surface area (Å²) < 4.78 is 1.04. The van der Waals surface area contributed by atoms with Gasteiger partial charge in [0, 0.05) is 19.3 Å². The number of rotatable bonds is 6. The first-order valence-corrected chi connectivity index (χ1v) is 10.00. The van der Waals surface area contributed by atoms with Crippen molar-refractivity contribution in [3.63, 3.8) is 0 Å². The van der Waals surface area contributed by atoms with E-state index in [0.717, 1.165) is 44.9 Å². The van der Waals surface area contributed by atoms with E-state index in [9.17, 15) is 4.79 Å². The summed E-state index contributed by atoms with van der Waals surface area (Å²) in [5, 5.41) is 2.06. The van der Waals surface area contributed by atoms with Gasteiger partial charge in [0.2, 0.25) is 0 Å². The van der Waals surface area contributed by atoms with E-state index in [1.54, 1.807) is 23.5 Å². The Kier molecular flexibility index (Phi) is 9.20. The molecular weight excluding hydrogens is 342 g/mol. The van der Waals surface area contributed by atoms with E-state index >= 15 is 0 Å². The fourth-order valence-electron chi connectivity index (χ4n) is 2.00. The van der Waals surface area contributed by atoms with Gasteiger partial charge in [0.1, 0.15) is 4.38 Å². The second-order valence-electron chi connectivity index (χ2n) is 5.33. The number of nitrogens with two attached hydrogens (primary N) is 2. The van der Waals surface area contributed by atoms with Crippen LogP contribution < -0.4 is 16.7 Å². The monoisotopic (exact) mass is 369 g/mol. The van der Waals surface area contributed by atoms with Crippen LogP contribution >= 0.6 is 23.5 Å². The van der Waals surface area contributed by atoms with Gasteiger partial charge in [-0.15, -0.1) is 11.8 Å². The van der Waals surface area contributed by atoms with Crippen LogP contribution in [0.4, 0.5) is 10.5 Å². The molecule has 1 rings (SSSR count). The van der Waals surface area contributed by atoms with Crippen molar-refractivity contribution in [3.8, 4) is 0 Å². The van der Waals surface area contributed by atoms with E-state index in [1.807, 2.05) is 31.4 Å². The van der Waals surface area contributed by atoms with Gasteiger partial charge in [0.25, 0.3) is 0 Å². The quantitative estimate of drug-likeness (QED) is 0.200. The Hall–Kier alpha value is -1.22. The Morgan fingerprint density at radius 3 is 2.62 bits per heavy atom. The third-order valence-electron chi connectivity index (χ3n) is 3.42. The second kappa shape index (κ2) is 10.6. The number of thioether (sulfide) groups is 2. The van der Waals surface area contributed by atoms with E-state index in [4.69, 9.17) is 11.7 Å². The van der Waals surface area contributed by atoms with Crippen LogP contribution in [0.3, 0.4) is 0 Å². The summed E-state index contributed by atoms with van der Waals surface area (Å²) in [5.74, 6) is 12.2. The minimum absolute atomic E-state index is 0.464. The maximum Gasteiger partial charge on any atom is 0.352 e. The molecule has 0 aliphatic rings. The zero-order valence-corrected chi connectivity index (χ0v) is 16.4. The highest BCUT2D eigenvalue weighted by atomic mass is 32.2. The molecule has 2 amide bonds. The molecule has 0 saturated heterocycles. The third kappa shape index (κ3) is 6.01. The number of amides is 2. The van der Waals surface area contributed by atoms with Gasteiger partial charge in [-0.05, 0) is 36.8 Å². The van der Waals surface area contributed by atoms with Crippen molar-refractivity contribution in [3.05, 3.63) is 29.3 Å². The summed E-state index contributed by atoms with van der Waals surface area (Å²) in [4.78, 5) is 16.7. The normalized spacial score (nSPS) is 11.5. The van der Waals surface area contributed by atoms with Crippen LogP contribution in [0.25, 0.3) is 0 Å². The molecule has 0 atom stereocenters. The molecule has 0 aliphatic carbocycles. The highest BCUT2D eigenvalue weighted by Gasteiger charge is 2.19.